The quantitative estimate of drug-likeness (QED) is 0.112. The van der Waals surface area contributed by atoms with E-state index < -0.39 is 8.07 Å². The van der Waals surface area contributed by atoms with Crippen molar-refractivity contribution in [3.8, 4) is 17.1 Å². The van der Waals surface area contributed by atoms with Crippen molar-refractivity contribution >= 4 is 94.2 Å². The van der Waals surface area contributed by atoms with E-state index in [1.807, 2.05) is 0 Å². The Bertz CT molecular complexity index is 3730. The van der Waals surface area contributed by atoms with Gasteiger partial charge >= 0.3 is 0 Å². The lowest BCUT2D eigenvalue weighted by atomic mass is 10.1. The maximum atomic E-state index is 2.62. The molecule has 0 radical (unpaired) electrons. The average molecular weight is 832 g/mol. The van der Waals surface area contributed by atoms with Crippen LogP contribution in [-0.4, -0.2) is 21.8 Å². The second kappa shape index (κ2) is 14.5. The van der Waals surface area contributed by atoms with E-state index in [1.54, 1.807) is 0 Å². The van der Waals surface area contributed by atoms with Crippen LogP contribution in [0.2, 0.25) is 0 Å². The summed E-state index contributed by atoms with van der Waals surface area (Å²) >= 11 is 0. The summed E-state index contributed by atoms with van der Waals surface area (Å²) in [6.07, 6.45) is 0. The van der Waals surface area contributed by atoms with Crippen molar-refractivity contribution in [2.75, 3.05) is 0 Å². The Balaban J connectivity index is 1.23. The Morgan fingerprint density at radius 1 is 0.266 bits per heavy atom. The maximum Gasteiger partial charge on any atom is 0.181 e. The van der Waals surface area contributed by atoms with Gasteiger partial charge in [-0.3, -0.25) is 0 Å². The summed E-state index contributed by atoms with van der Waals surface area (Å²) in [7, 11) is -3.03. The van der Waals surface area contributed by atoms with Crippen molar-refractivity contribution in [3.63, 3.8) is 0 Å². The molecule has 13 aromatic rings. The molecule has 0 aliphatic carbocycles. The van der Waals surface area contributed by atoms with Crippen LogP contribution in [0.5, 0.6) is 0 Å². The Hall–Kier alpha value is -8.18. The van der Waals surface area contributed by atoms with Gasteiger partial charge in [-0.15, -0.1) is 0 Å². The molecule has 0 spiro atoms. The molecular formula is C60H41N3Si. The van der Waals surface area contributed by atoms with E-state index in [1.165, 1.54) is 86.2 Å². The van der Waals surface area contributed by atoms with Crippen molar-refractivity contribution in [1.82, 2.24) is 13.7 Å². The zero-order valence-corrected chi connectivity index (χ0v) is 36.0. The lowest BCUT2D eigenvalue weighted by Gasteiger charge is -2.35. The number of para-hydroxylation sites is 5. The Kier molecular flexibility index (Phi) is 8.23. The summed E-state index contributed by atoms with van der Waals surface area (Å²) in [5.74, 6) is 0. The lowest BCUT2D eigenvalue weighted by molar-refractivity contribution is 1.16. The number of fused-ring (bicyclic) bond motifs is 9. The minimum Gasteiger partial charge on any atom is -0.309 e. The molecule has 0 aliphatic heterocycles. The molecule has 0 bridgehead atoms. The van der Waals surface area contributed by atoms with Crippen molar-refractivity contribution in [2.45, 2.75) is 0 Å². The summed E-state index contributed by atoms with van der Waals surface area (Å²) in [5.41, 5.74) is 10.6. The van der Waals surface area contributed by atoms with Gasteiger partial charge in [0.15, 0.2) is 8.07 Å². The number of rotatable bonds is 7. The predicted octanol–water partition coefficient (Wildman–Crippen LogP) is 12.4. The van der Waals surface area contributed by atoms with Gasteiger partial charge in [0, 0.05) is 43.7 Å². The molecule has 0 amide bonds. The first-order valence-corrected chi connectivity index (χ1v) is 24.1. The normalized spacial score (nSPS) is 12.1. The van der Waals surface area contributed by atoms with Gasteiger partial charge in [0.2, 0.25) is 0 Å². The van der Waals surface area contributed by atoms with Crippen molar-refractivity contribution in [2.24, 2.45) is 0 Å². The molecule has 3 heterocycles. The largest absolute Gasteiger partial charge is 0.309 e. The van der Waals surface area contributed by atoms with Gasteiger partial charge in [-0.1, -0.05) is 188 Å². The van der Waals surface area contributed by atoms with Gasteiger partial charge in [0.05, 0.1) is 38.8 Å². The molecule has 3 nitrogen and oxygen atoms in total. The number of aromatic nitrogens is 3. The van der Waals surface area contributed by atoms with Crippen molar-refractivity contribution in [3.05, 3.63) is 249 Å². The smallest absolute Gasteiger partial charge is 0.181 e. The van der Waals surface area contributed by atoms with E-state index in [0.29, 0.717) is 0 Å². The third-order valence-electron chi connectivity index (χ3n) is 13.6. The van der Waals surface area contributed by atoms with Crippen LogP contribution in [0.4, 0.5) is 0 Å². The second-order valence-corrected chi connectivity index (χ2v) is 20.6. The maximum absolute atomic E-state index is 3.03. The second-order valence-electron chi connectivity index (χ2n) is 16.8. The highest BCUT2D eigenvalue weighted by atomic mass is 28.3. The monoisotopic (exact) mass is 831 g/mol. The summed E-state index contributed by atoms with van der Waals surface area (Å²) in [6, 6.07) is 92.4. The van der Waals surface area contributed by atoms with Crippen molar-refractivity contribution < 1.29 is 0 Å². The van der Waals surface area contributed by atoms with E-state index in [0.717, 1.165) is 17.1 Å². The molecule has 0 saturated carbocycles. The fraction of sp³-hybridized carbons (Fsp3) is 0. The lowest BCUT2D eigenvalue weighted by Crippen LogP contribution is -2.75. The summed E-state index contributed by atoms with van der Waals surface area (Å²) in [5, 5.41) is 12.8. The van der Waals surface area contributed by atoms with Crippen LogP contribution in [0, 0.1) is 0 Å². The molecule has 64 heavy (non-hydrogen) atoms. The molecule has 0 fully saturated rings. The average Bonchev–Trinajstić information content (AvgIpc) is 4.01. The highest BCUT2D eigenvalue weighted by molar-refractivity contribution is 7.20. The molecule has 0 atom stereocenters. The molecule has 3 aromatic heterocycles. The van der Waals surface area contributed by atoms with Gasteiger partial charge in [0.25, 0.3) is 0 Å². The minimum absolute atomic E-state index is 1.14. The Labute approximate surface area is 372 Å². The van der Waals surface area contributed by atoms with Crippen LogP contribution >= 0.6 is 0 Å². The van der Waals surface area contributed by atoms with Gasteiger partial charge < -0.3 is 13.7 Å². The molecule has 0 saturated heterocycles. The van der Waals surface area contributed by atoms with Gasteiger partial charge in [-0.25, -0.2) is 0 Å². The van der Waals surface area contributed by atoms with Gasteiger partial charge in [-0.2, -0.15) is 0 Å². The summed E-state index contributed by atoms with van der Waals surface area (Å²) in [6.45, 7) is 0. The number of hydrogen-bond donors (Lipinski definition) is 0. The molecule has 0 unspecified atom stereocenters. The number of hydrogen-bond acceptors (Lipinski definition) is 0. The molecule has 0 N–H and O–H groups in total. The van der Waals surface area contributed by atoms with E-state index in [2.05, 4.69) is 262 Å². The van der Waals surface area contributed by atoms with E-state index in [-0.39, 0.29) is 0 Å². The van der Waals surface area contributed by atoms with Crippen LogP contribution in [0.3, 0.4) is 0 Å². The number of nitrogens with zero attached hydrogens (tertiary/aromatic N) is 3. The highest BCUT2D eigenvalue weighted by Gasteiger charge is 2.43. The fourth-order valence-electron chi connectivity index (χ4n) is 11.0. The predicted molar refractivity (Wildman–Crippen MR) is 273 cm³/mol. The molecule has 0 aliphatic rings. The first-order chi connectivity index (χ1) is 31.8. The third kappa shape index (κ3) is 5.21. The van der Waals surface area contributed by atoms with E-state index >= 15 is 0 Å². The minimum atomic E-state index is -3.03. The van der Waals surface area contributed by atoms with Crippen LogP contribution in [0.25, 0.3) is 82.5 Å². The van der Waals surface area contributed by atoms with Gasteiger partial charge in [0.1, 0.15) is 0 Å². The highest BCUT2D eigenvalue weighted by Crippen LogP contribution is 2.41. The van der Waals surface area contributed by atoms with E-state index in [9.17, 15) is 0 Å². The Morgan fingerprint density at radius 2 is 0.703 bits per heavy atom. The third-order valence-corrected chi connectivity index (χ3v) is 18.4. The first kappa shape index (κ1) is 36.5. The zero-order valence-electron chi connectivity index (χ0n) is 35.0. The topological polar surface area (TPSA) is 14.8 Å². The molecule has 10 aromatic carbocycles. The standard InChI is InChI=1S/C60H41N3Si/c1-5-21-42(22-6-1)61-54-35-18-15-31-50(54)59-56(61)36-20-37-57(59)63-55-40-39-43(62-52-33-16-13-29-47(52)48-30-14-17-34-53(48)62)41-51(55)49-32-19-38-58(60(49)63)64(44-23-7-2-8-24-44,45-25-9-3-10-26-45)46-27-11-4-12-28-46/h1-41H. The SMILES string of the molecule is c1ccc(-n2c3ccccc3c3c(-n4c5ccc(-n6c7ccccc7c7ccccc76)cc5c5cccc([Si](c6ccccc6)(c6ccccc6)c6ccccc6)c54)cccc32)cc1. The molecular weight excluding hydrogens is 791 g/mol. The number of benzene rings is 10. The van der Waals surface area contributed by atoms with Gasteiger partial charge in [-0.05, 0) is 81.4 Å². The fourth-order valence-corrected chi connectivity index (χ4v) is 16.0. The van der Waals surface area contributed by atoms with Crippen LogP contribution in [-0.2, 0) is 0 Å². The van der Waals surface area contributed by atoms with Crippen molar-refractivity contribution in [1.29, 1.82) is 0 Å². The molecule has 13 rings (SSSR count). The summed E-state index contributed by atoms with van der Waals surface area (Å²) in [4.78, 5) is 0. The zero-order chi connectivity index (χ0) is 42.2. The first-order valence-electron chi connectivity index (χ1n) is 22.1. The molecule has 4 heteroatoms. The Morgan fingerprint density at radius 3 is 1.30 bits per heavy atom. The summed E-state index contributed by atoms with van der Waals surface area (Å²) < 4.78 is 7.50. The molecule has 300 valence electrons. The van der Waals surface area contributed by atoms with Crippen LogP contribution in [0.15, 0.2) is 249 Å². The van der Waals surface area contributed by atoms with Crippen LogP contribution < -0.4 is 20.7 Å². The van der Waals surface area contributed by atoms with E-state index in [4.69, 9.17) is 0 Å². The van der Waals surface area contributed by atoms with Crippen LogP contribution in [0.1, 0.15) is 0 Å².